The molecule has 0 aromatic heterocycles. The Labute approximate surface area is 145 Å². The number of nitrogens with zero attached hydrogens (tertiary/aromatic N) is 1. The van der Waals surface area contributed by atoms with Crippen LogP contribution in [-0.4, -0.2) is 31.1 Å². The summed E-state index contributed by atoms with van der Waals surface area (Å²) in [5.41, 5.74) is 2.35. The van der Waals surface area contributed by atoms with Gasteiger partial charge in [-0.25, -0.2) is 0 Å². The summed E-state index contributed by atoms with van der Waals surface area (Å²) in [6.45, 7) is 2.91. The highest BCUT2D eigenvalue weighted by Gasteiger charge is 2.34. The highest BCUT2D eigenvalue weighted by atomic mass is 16.2. The lowest BCUT2D eigenvalue weighted by Crippen LogP contribution is -2.46. The van der Waals surface area contributed by atoms with Crippen LogP contribution in [0.25, 0.3) is 0 Å². The predicted octanol–water partition coefficient (Wildman–Crippen LogP) is 2.82. The van der Waals surface area contributed by atoms with Gasteiger partial charge in [-0.05, 0) is 68.7 Å². The molecule has 4 rings (SSSR count). The summed E-state index contributed by atoms with van der Waals surface area (Å²) in [5.74, 6) is 1.21. The normalized spacial score (nSPS) is 28.2. The van der Waals surface area contributed by atoms with Crippen molar-refractivity contribution in [2.75, 3.05) is 18.0 Å². The third-order valence-corrected chi connectivity index (χ3v) is 5.77. The van der Waals surface area contributed by atoms with E-state index >= 15 is 0 Å². The fourth-order valence-corrected chi connectivity index (χ4v) is 4.17. The maximum Gasteiger partial charge on any atom is 0.226 e. The fourth-order valence-electron chi connectivity index (χ4n) is 4.17. The molecular formula is C20H29N3O. The van der Waals surface area contributed by atoms with Crippen LogP contribution >= 0.6 is 0 Å². The molecule has 24 heavy (non-hydrogen) atoms. The fraction of sp³-hybridized carbons (Fsp3) is 0.650. The molecule has 0 radical (unpaired) electrons. The maximum absolute atomic E-state index is 12.1. The molecule has 0 spiro atoms. The average molecular weight is 327 g/mol. The van der Waals surface area contributed by atoms with Gasteiger partial charge in [-0.2, -0.15) is 0 Å². The van der Waals surface area contributed by atoms with Gasteiger partial charge in [-0.1, -0.05) is 12.1 Å². The summed E-state index contributed by atoms with van der Waals surface area (Å²) in [7, 11) is 0. The molecular weight excluding hydrogens is 298 g/mol. The molecule has 1 amide bonds. The van der Waals surface area contributed by atoms with E-state index in [0.717, 1.165) is 50.1 Å². The van der Waals surface area contributed by atoms with Crippen LogP contribution in [0, 0.1) is 5.92 Å². The van der Waals surface area contributed by atoms with Crippen molar-refractivity contribution in [3.8, 4) is 0 Å². The largest absolute Gasteiger partial charge is 0.314 e. The van der Waals surface area contributed by atoms with Gasteiger partial charge in [0.1, 0.15) is 0 Å². The lowest BCUT2D eigenvalue weighted by Gasteiger charge is -2.31. The van der Waals surface area contributed by atoms with Crippen molar-refractivity contribution < 1.29 is 4.79 Å². The highest BCUT2D eigenvalue weighted by Crippen LogP contribution is 2.35. The van der Waals surface area contributed by atoms with Crippen LogP contribution in [0.3, 0.4) is 0 Å². The molecule has 3 aliphatic rings. The van der Waals surface area contributed by atoms with Crippen molar-refractivity contribution in [3.05, 3.63) is 29.8 Å². The first-order chi connectivity index (χ1) is 11.8. The van der Waals surface area contributed by atoms with Gasteiger partial charge < -0.3 is 15.5 Å². The Morgan fingerprint density at radius 1 is 1.21 bits per heavy atom. The topological polar surface area (TPSA) is 44.4 Å². The van der Waals surface area contributed by atoms with E-state index in [2.05, 4.69) is 34.9 Å². The number of rotatable bonds is 5. The SMILES string of the molecule is O=C1CCCCN1c1cccc(CNC2CCNC(C3CC3)C2)c1. The molecule has 1 aromatic rings. The molecule has 2 atom stereocenters. The van der Waals surface area contributed by atoms with E-state index in [1.807, 2.05) is 4.90 Å². The number of carbonyl (C=O) groups is 1. The zero-order chi connectivity index (χ0) is 16.4. The van der Waals surface area contributed by atoms with Crippen molar-refractivity contribution in [1.29, 1.82) is 0 Å². The summed E-state index contributed by atoms with van der Waals surface area (Å²) in [5, 5.41) is 7.43. The first-order valence-electron chi connectivity index (χ1n) is 9.66. The van der Waals surface area contributed by atoms with Gasteiger partial charge in [0.05, 0.1) is 0 Å². The number of hydrogen-bond donors (Lipinski definition) is 2. The zero-order valence-electron chi connectivity index (χ0n) is 14.5. The van der Waals surface area contributed by atoms with E-state index in [-0.39, 0.29) is 5.91 Å². The van der Waals surface area contributed by atoms with E-state index < -0.39 is 0 Å². The summed E-state index contributed by atoms with van der Waals surface area (Å²) in [6, 6.07) is 9.87. The second kappa shape index (κ2) is 7.24. The van der Waals surface area contributed by atoms with Crippen molar-refractivity contribution in [2.24, 2.45) is 5.92 Å². The minimum absolute atomic E-state index is 0.275. The number of benzene rings is 1. The van der Waals surface area contributed by atoms with Crippen LogP contribution in [0.1, 0.15) is 50.5 Å². The first kappa shape index (κ1) is 16.1. The third-order valence-electron chi connectivity index (χ3n) is 5.77. The Bertz CT molecular complexity index is 584. The standard InChI is InChI=1S/C20H29N3O/c24-20-6-1-2-11-23(20)18-5-3-4-15(12-18)14-22-17-9-10-21-19(13-17)16-7-8-16/h3-5,12,16-17,19,21-22H,1-2,6-11,13-14H2. The van der Waals surface area contributed by atoms with Crippen molar-refractivity contribution in [2.45, 2.75) is 63.6 Å². The minimum Gasteiger partial charge on any atom is -0.314 e. The van der Waals surface area contributed by atoms with Crippen molar-refractivity contribution in [3.63, 3.8) is 0 Å². The molecule has 130 valence electrons. The van der Waals surface area contributed by atoms with Crippen LogP contribution < -0.4 is 15.5 Å². The Morgan fingerprint density at radius 2 is 2.12 bits per heavy atom. The second-order valence-corrected chi connectivity index (χ2v) is 7.67. The van der Waals surface area contributed by atoms with Gasteiger partial charge in [-0.15, -0.1) is 0 Å². The van der Waals surface area contributed by atoms with Gasteiger partial charge in [0.15, 0.2) is 0 Å². The van der Waals surface area contributed by atoms with Crippen LogP contribution in [0.5, 0.6) is 0 Å². The van der Waals surface area contributed by atoms with Gasteiger partial charge in [0.2, 0.25) is 5.91 Å². The molecule has 0 bridgehead atoms. The Hall–Kier alpha value is -1.39. The van der Waals surface area contributed by atoms with Crippen LogP contribution in [0.15, 0.2) is 24.3 Å². The number of piperidine rings is 2. The number of hydrogen-bond acceptors (Lipinski definition) is 3. The molecule has 4 heteroatoms. The highest BCUT2D eigenvalue weighted by molar-refractivity contribution is 5.94. The van der Waals surface area contributed by atoms with Crippen molar-refractivity contribution >= 4 is 11.6 Å². The predicted molar refractivity (Wildman–Crippen MR) is 97.0 cm³/mol. The molecule has 3 fully saturated rings. The number of anilines is 1. The molecule has 1 aromatic carbocycles. The summed E-state index contributed by atoms with van der Waals surface area (Å²) in [4.78, 5) is 14.1. The smallest absolute Gasteiger partial charge is 0.226 e. The maximum atomic E-state index is 12.1. The number of carbonyl (C=O) groups excluding carboxylic acids is 1. The average Bonchev–Trinajstić information content (AvgIpc) is 3.46. The minimum atomic E-state index is 0.275. The Kier molecular flexibility index (Phi) is 4.86. The van der Waals surface area contributed by atoms with E-state index in [9.17, 15) is 4.79 Å². The van der Waals surface area contributed by atoms with E-state index in [1.165, 1.54) is 31.2 Å². The number of nitrogens with one attached hydrogen (secondary N) is 2. The molecule has 2 aliphatic heterocycles. The van der Waals surface area contributed by atoms with Gasteiger partial charge in [0, 0.05) is 37.3 Å². The van der Waals surface area contributed by atoms with Crippen LogP contribution in [0.2, 0.25) is 0 Å². The van der Waals surface area contributed by atoms with E-state index in [0.29, 0.717) is 12.5 Å². The molecule has 2 saturated heterocycles. The van der Waals surface area contributed by atoms with Crippen LogP contribution in [0.4, 0.5) is 5.69 Å². The molecule has 1 saturated carbocycles. The molecule has 2 unspecified atom stereocenters. The molecule has 1 aliphatic carbocycles. The van der Waals surface area contributed by atoms with Gasteiger partial charge >= 0.3 is 0 Å². The van der Waals surface area contributed by atoms with E-state index in [4.69, 9.17) is 0 Å². The number of amides is 1. The summed E-state index contributed by atoms with van der Waals surface area (Å²) >= 11 is 0. The first-order valence-corrected chi connectivity index (χ1v) is 9.66. The zero-order valence-corrected chi connectivity index (χ0v) is 14.5. The molecule has 2 N–H and O–H groups in total. The second-order valence-electron chi connectivity index (χ2n) is 7.67. The monoisotopic (exact) mass is 327 g/mol. The lowest BCUT2D eigenvalue weighted by atomic mass is 9.96. The molecule has 2 heterocycles. The molecule has 4 nitrogen and oxygen atoms in total. The van der Waals surface area contributed by atoms with Crippen molar-refractivity contribution in [1.82, 2.24) is 10.6 Å². The summed E-state index contributed by atoms with van der Waals surface area (Å²) < 4.78 is 0. The van der Waals surface area contributed by atoms with E-state index in [1.54, 1.807) is 0 Å². The van der Waals surface area contributed by atoms with Gasteiger partial charge in [-0.3, -0.25) is 4.79 Å². The lowest BCUT2D eigenvalue weighted by molar-refractivity contribution is -0.119. The Morgan fingerprint density at radius 3 is 2.96 bits per heavy atom. The summed E-state index contributed by atoms with van der Waals surface area (Å²) in [6.07, 6.45) is 8.15. The Balaban J connectivity index is 1.34. The quantitative estimate of drug-likeness (QED) is 0.874. The third kappa shape index (κ3) is 3.81. The van der Waals surface area contributed by atoms with Gasteiger partial charge in [0.25, 0.3) is 0 Å². The van der Waals surface area contributed by atoms with Crippen LogP contribution in [-0.2, 0) is 11.3 Å².